The summed E-state index contributed by atoms with van der Waals surface area (Å²) in [6.45, 7) is 0.308. The SMILES string of the molecule is N#CSc1cccc(S(=O)(=O)NCc2ccc3c(c2)OCO3)c1. The molecule has 3 rings (SSSR count). The number of sulfonamides is 1. The molecule has 1 aliphatic heterocycles. The highest BCUT2D eigenvalue weighted by Crippen LogP contribution is 2.32. The molecule has 118 valence electrons. The maximum atomic E-state index is 12.3. The minimum atomic E-state index is -3.66. The van der Waals surface area contributed by atoms with Gasteiger partial charge in [0.15, 0.2) is 11.5 Å². The summed E-state index contributed by atoms with van der Waals surface area (Å²) in [5.74, 6) is 1.26. The number of fused-ring (bicyclic) bond motifs is 1. The minimum Gasteiger partial charge on any atom is -0.454 e. The molecule has 0 unspecified atom stereocenters. The van der Waals surface area contributed by atoms with Crippen molar-refractivity contribution in [1.82, 2.24) is 4.72 Å². The van der Waals surface area contributed by atoms with Gasteiger partial charge in [-0.2, -0.15) is 5.26 Å². The zero-order valence-electron chi connectivity index (χ0n) is 11.9. The Labute approximate surface area is 138 Å². The Bertz CT molecular complexity index is 875. The van der Waals surface area contributed by atoms with Crippen LogP contribution in [0.3, 0.4) is 0 Å². The van der Waals surface area contributed by atoms with Crippen molar-refractivity contribution in [3.8, 4) is 16.9 Å². The zero-order chi connectivity index (χ0) is 16.3. The number of hydrogen-bond donors (Lipinski definition) is 1. The van der Waals surface area contributed by atoms with E-state index in [-0.39, 0.29) is 18.2 Å². The van der Waals surface area contributed by atoms with E-state index in [1.54, 1.807) is 30.3 Å². The molecular formula is C15H12N2O4S2. The third-order valence-electron chi connectivity index (χ3n) is 3.18. The molecular weight excluding hydrogens is 336 g/mol. The van der Waals surface area contributed by atoms with Crippen molar-refractivity contribution in [1.29, 1.82) is 5.26 Å². The lowest BCUT2D eigenvalue weighted by molar-refractivity contribution is 0.174. The topological polar surface area (TPSA) is 88.4 Å². The van der Waals surface area contributed by atoms with Gasteiger partial charge < -0.3 is 9.47 Å². The molecule has 0 radical (unpaired) electrons. The highest BCUT2D eigenvalue weighted by atomic mass is 32.2. The highest BCUT2D eigenvalue weighted by molar-refractivity contribution is 8.03. The van der Waals surface area contributed by atoms with Crippen molar-refractivity contribution < 1.29 is 17.9 Å². The molecule has 6 nitrogen and oxygen atoms in total. The number of benzene rings is 2. The number of nitrogens with one attached hydrogen (secondary N) is 1. The van der Waals surface area contributed by atoms with Gasteiger partial charge in [-0.3, -0.25) is 0 Å². The smallest absolute Gasteiger partial charge is 0.240 e. The van der Waals surface area contributed by atoms with Gasteiger partial charge in [-0.1, -0.05) is 12.1 Å². The first kappa shape index (κ1) is 15.7. The van der Waals surface area contributed by atoms with Crippen LogP contribution in [-0.4, -0.2) is 15.2 Å². The van der Waals surface area contributed by atoms with Crippen molar-refractivity contribution in [2.24, 2.45) is 0 Å². The molecule has 0 bridgehead atoms. The van der Waals surface area contributed by atoms with Crippen LogP contribution >= 0.6 is 11.8 Å². The zero-order valence-corrected chi connectivity index (χ0v) is 13.5. The second kappa shape index (κ2) is 6.50. The largest absolute Gasteiger partial charge is 0.454 e. The fourth-order valence-electron chi connectivity index (χ4n) is 2.07. The number of hydrogen-bond acceptors (Lipinski definition) is 6. The summed E-state index contributed by atoms with van der Waals surface area (Å²) >= 11 is 0.916. The molecule has 1 aliphatic rings. The van der Waals surface area contributed by atoms with Gasteiger partial charge in [-0.05, 0) is 47.7 Å². The van der Waals surface area contributed by atoms with Crippen molar-refractivity contribution in [3.63, 3.8) is 0 Å². The number of nitriles is 1. The van der Waals surface area contributed by atoms with Gasteiger partial charge in [0.05, 0.1) is 4.90 Å². The van der Waals surface area contributed by atoms with Crippen molar-refractivity contribution in [2.75, 3.05) is 6.79 Å². The first-order valence-corrected chi connectivity index (χ1v) is 8.93. The highest BCUT2D eigenvalue weighted by Gasteiger charge is 2.16. The lowest BCUT2D eigenvalue weighted by Gasteiger charge is -2.08. The number of ether oxygens (including phenoxy) is 2. The van der Waals surface area contributed by atoms with Crippen molar-refractivity contribution in [3.05, 3.63) is 48.0 Å². The third-order valence-corrected chi connectivity index (χ3v) is 5.16. The first-order valence-electron chi connectivity index (χ1n) is 6.63. The maximum Gasteiger partial charge on any atom is 0.240 e. The van der Waals surface area contributed by atoms with Crippen molar-refractivity contribution >= 4 is 21.8 Å². The van der Waals surface area contributed by atoms with E-state index < -0.39 is 10.0 Å². The Kier molecular flexibility index (Phi) is 4.43. The molecule has 23 heavy (non-hydrogen) atoms. The molecule has 0 spiro atoms. The fraction of sp³-hybridized carbons (Fsp3) is 0.133. The van der Waals surface area contributed by atoms with E-state index in [4.69, 9.17) is 14.7 Å². The molecule has 1 heterocycles. The summed E-state index contributed by atoms with van der Waals surface area (Å²) in [4.78, 5) is 0.706. The first-order chi connectivity index (χ1) is 11.1. The Morgan fingerprint density at radius 1 is 1.17 bits per heavy atom. The molecule has 0 saturated carbocycles. The van der Waals surface area contributed by atoms with Gasteiger partial charge in [0, 0.05) is 11.4 Å². The van der Waals surface area contributed by atoms with Crippen LogP contribution in [0.1, 0.15) is 5.56 Å². The van der Waals surface area contributed by atoms with E-state index in [2.05, 4.69) is 4.72 Å². The van der Waals surface area contributed by atoms with E-state index in [1.807, 2.05) is 5.40 Å². The van der Waals surface area contributed by atoms with Crippen LogP contribution in [0.5, 0.6) is 11.5 Å². The van der Waals surface area contributed by atoms with Gasteiger partial charge in [-0.25, -0.2) is 13.1 Å². The summed E-state index contributed by atoms with van der Waals surface area (Å²) in [6, 6.07) is 11.5. The Balaban J connectivity index is 1.74. The van der Waals surface area contributed by atoms with E-state index >= 15 is 0 Å². The average Bonchev–Trinajstić information content (AvgIpc) is 3.01. The molecule has 1 N–H and O–H groups in total. The van der Waals surface area contributed by atoms with Gasteiger partial charge in [0.1, 0.15) is 5.40 Å². The van der Waals surface area contributed by atoms with E-state index in [0.29, 0.717) is 16.4 Å². The molecule has 0 saturated heterocycles. The van der Waals surface area contributed by atoms with Crippen molar-refractivity contribution in [2.45, 2.75) is 16.3 Å². The number of thiocyanates is 1. The molecule has 0 aromatic heterocycles. The van der Waals surface area contributed by atoms with E-state index in [9.17, 15) is 8.42 Å². The normalized spacial score (nSPS) is 12.8. The molecule has 0 fully saturated rings. The van der Waals surface area contributed by atoms with Gasteiger partial charge in [-0.15, -0.1) is 0 Å². The van der Waals surface area contributed by atoms with Crippen LogP contribution in [0, 0.1) is 10.7 Å². The standard InChI is InChI=1S/C15H12N2O4S2/c16-9-22-12-2-1-3-13(7-12)23(18,19)17-8-11-4-5-14-15(6-11)21-10-20-14/h1-7,17H,8,10H2. The minimum absolute atomic E-state index is 0.124. The van der Waals surface area contributed by atoms with Gasteiger partial charge in [0.25, 0.3) is 0 Å². The summed E-state index contributed by atoms with van der Waals surface area (Å²) in [7, 11) is -3.66. The maximum absolute atomic E-state index is 12.3. The van der Waals surface area contributed by atoms with Crippen LogP contribution in [0.15, 0.2) is 52.3 Å². The van der Waals surface area contributed by atoms with E-state index in [1.165, 1.54) is 12.1 Å². The fourth-order valence-corrected chi connectivity index (χ4v) is 3.65. The van der Waals surface area contributed by atoms with Crippen LogP contribution in [-0.2, 0) is 16.6 Å². The van der Waals surface area contributed by atoms with Gasteiger partial charge in [0.2, 0.25) is 16.8 Å². The lowest BCUT2D eigenvalue weighted by atomic mass is 10.2. The Morgan fingerprint density at radius 2 is 2.00 bits per heavy atom. The Morgan fingerprint density at radius 3 is 2.83 bits per heavy atom. The summed E-state index contributed by atoms with van der Waals surface area (Å²) < 4.78 is 37.7. The predicted molar refractivity (Wildman–Crippen MR) is 84.5 cm³/mol. The monoisotopic (exact) mass is 348 g/mol. The molecule has 0 aliphatic carbocycles. The van der Waals surface area contributed by atoms with Crippen LogP contribution in [0.4, 0.5) is 0 Å². The van der Waals surface area contributed by atoms with Crippen LogP contribution < -0.4 is 14.2 Å². The Hall–Kier alpha value is -2.21. The summed E-state index contributed by atoms with van der Waals surface area (Å²) in [6.07, 6.45) is 0. The number of nitrogens with zero attached hydrogens (tertiary/aromatic N) is 1. The second-order valence-corrected chi connectivity index (χ2v) is 7.31. The molecule has 0 amide bonds. The second-order valence-electron chi connectivity index (χ2n) is 4.68. The summed E-state index contributed by atoms with van der Waals surface area (Å²) in [5.41, 5.74) is 0.764. The average molecular weight is 348 g/mol. The molecule has 0 atom stereocenters. The lowest BCUT2D eigenvalue weighted by Crippen LogP contribution is -2.23. The van der Waals surface area contributed by atoms with Crippen LogP contribution in [0.2, 0.25) is 0 Å². The number of thioether (sulfide) groups is 1. The quantitative estimate of drug-likeness (QED) is 0.660. The van der Waals surface area contributed by atoms with E-state index in [0.717, 1.165) is 17.3 Å². The summed E-state index contributed by atoms with van der Waals surface area (Å²) in [5, 5.41) is 10.6. The number of rotatable bonds is 5. The molecule has 8 heteroatoms. The van der Waals surface area contributed by atoms with Gasteiger partial charge >= 0.3 is 0 Å². The predicted octanol–water partition coefficient (Wildman–Crippen LogP) is 2.47. The molecule has 2 aromatic rings. The third kappa shape index (κ3) is 3.59. The van der Waals surface area contributed by atoms with Crippen LogP contribution in [0.25, 0.3) is 0 Å². The molecule has 2 aromatic carbocycles.